The van der Waals surface area contributed by atoms with E-state index in [0.29, 0.717) is 35.4 Å². The van der Waals surface area contributed by atoms with Gasteiger partial charge in [-0.15, -0.1) is 9.24 Å². The van der Waals surface area contributed by atoms with Crippen LogP contribution in [0.25, 0.3) is 0 Å². The fourth-order valence-corrected chi connectivity index (χ4v) is 4.05. The van der Waals surface area contributed by atoms with Crippen LogP contribution >= 0.6 is 9.24 Å². The van der Waals surface area contributed by atoms with Gasteiger partial charge in [0.25, 0.3) is 5.56 Å². The van der Waals surface area contributed by atoms with E-state index in [2.05, 4.69) is 9.24 Å². The number of aromatic nitrogens is 1. The number of halogens is 1. The fraction of sp³-hybridized carbons (Fsp3) is 0.400. The molecule has 1 aromatic carbocycles. The standard InChI is InChI=1S/C20H25FN3O3P/c1-22(2)7-8-23-6-4-5-16(20(23)26)24-12-13(9-18(24)25)19-15(21)10-14(27-3)11-17(19)28/h4-6,10-11,13H,7-9,12,28H2,1-3H3/t13-/m0/s1. The first-order valence-corrected chi connectivity index (χ1v) is 9.67. The molecule has 150 valence electrons. The lowest BCUT2D eigenvalue weighted by Gasteiger charge is -2.19. The third-order valence-corrected chi connectivity index (χ3v) is 5.46. The van der Waals surface area contributed by atoms with Crippen LogP contribution in [0.1, 0.15) is 17.9 Å². The predicted molar refractivity (Wildman–Crippen MR) is 111 cm³/mol. The monoisotopic (exact) mass is 405 g/mol. The van der Waals surface area contributed by atoms with Gasteiger partial charge in [-0.25, -0.2) is 4.39 Å². The highest BCUT2D eigenvalue weighted by Gasteiger charge is 2.35. The first-order chi connectivity index (χ1) is 13.3. The van der Waals surface area contributed by atoms with Crippen LogP contribution in [0.5, 0.6) is 5.75 Å². The molecule has 0 radical (unpaired) electrons. The zero-order valence-corrected chi connectivity index (χ0v) is 17.5. The Morgan fingerprint density at radius 3 is 2.71 bits per heavy atom. The summed E-state index contributed by atoms with van der Waals surface area (Å²) in [6, 6.07) is 6.47. The van der Waals surface area contributed by atoms with Crippen LogP contribution in [-0.2, 0) is 11.3 Å². The van der Waals surface area contributed by atoms with Gasteiger partial charge < -0.3 is 19.1 Å². The van der Waals surface area contributed by atoms with Crippen LogP contribution in [0, 0.1) is 5.82 Å². The Kier molecular flexibility index (Phi) is 6.16. The Morgan fingerprint density at radius 1 is 1.32 bits per heavy atom. The molecule has 1 amide bonds. The summed E-state index contributed by atoms with van der Waals surface area (Å²) < 4.78 is 21.3. The summed E-state index contributed by atoms with van der Waals surface area (Å²) in [6.45, 7) is 1.53. The maximum absolute atomic E-state index is 14.6. The summed E-state index contributed by atoms with van der Waals surface area (Å²) >= 11 is 0. The fourth-order valence-electron chi connectivity index (χ4n) is 3.51. The van der Waals surface area contributed by atoms with E-state index in [0.717, 1.165) is 0 Å². The van der Waals surface area contributed by atoms with Crippen molar-refractivity contribution >= 4 is 26.1 Å². The van der Waals surface area contributed by atoms with E-state index < -0.39 is 5.82 Å². The molecule has 1 fully saturated rings. The van der Waals surface area contributed by atoms with Crippen molar-refractivity contribution in [1.29, 1.82) is 0 Å². The summed E-state index contributed by atoms with van der Waals surface area (Å²) in [7, 11) is 7.87. The number of carbonyl (C=O) groups is 1. The van der Waals surface area contributed by atoms with Gasteiger partial charge in [0.05, 0.1) is 7.11 Å². The number of benzene rings is 1. The van der Waals surface area contributed by atoms with E-state index in [1.54, 1.807) is 29.0 Å². The van der Waals surface area contributed by atoms with Crippen molar-refractivity contribution in [2.75, 3.05) is 39.2 Å². The number of carbonyl (C=O) groups excluding carboxylic acids is 1. The SMILES string of the molecule is COc1cc(F)c([C@H]2CC(=O)N(c3cccn(CCN(C)C)c3=O)C2)c(P)c1. The van der Waals surface area contributed by atoms with Gasteiger partial charge in [0.1, 0.15) is 17.3 Å². The van der Waals surface area contributed by atoms with Gasteiger partial charge in [0, 0.05) is 49.8 Å². The molecule has 28 heavy (non-hydrogen) atoms. The predicted octanol–water partition coefficient (Wildman–Crippen LogP) is 1.58. The highest BCUT2D eigenvalue weighted by Crippen LogP contribution is 2.33. The first-order valence-electron chi connectivity index (χ1n) is 9.09. The van der Waals surface area contributed by atoms with Crippen molar-refractivity contribution in [2.24, 2.45) is 0 Å². The van der Waals surface area contributed by atoms with Crippen LogP contribution < -0.4 is 20.5 Å². The number of rotatable bonds is 6. The molecule has 0 spiro atoms. The van der Waals surface area contributed by atoms with Gasteiger partial charge in [0.15, 0.2) is 0 Å². The van der Waals surface area contributed by atoms with Gasteiger partial charge in [0.2, 0.25) is 5.91 Å². The molecule has 0 N–H and O–H groups in total. The molecular weight excluding hydrogens is 380 g/mol. The largest absolute Gasteiger partial charge is 0.497 e. The molecule has 2 heterocycles. The summed E-state index contributed by atoms with van der Waals surface area (Å²) in [6.07, 6.45) is 1.88. The summed E-state index contributed by atoms with van der Waals surface area (Å²) in [5.41, 5.74) is 0.609. The van der Waals surface area contributed by atoms with Crippen molar-refractivity contribution in [3.63, 3.8) is 0 Å². The van der Waals surface area contributed by atoms with Gasteiger partial charge in [-0.3, -0.25) is 9.59 Å². The molecule has 6 nitrogen and oxygen atoms in total. The van der Waals surface area contributed by atoms with Crippen LogP contribution in [0.3, 0.4) is 0 Å². The molecule has 1 unspecified atom stereocenters. The Morgan fingerprint density at radius 2 is 2.07 bits per heavy atom. The summed E-state index contributed by atoms with van der Waals surface area (Å²) in [5.74, 6) is -0.465. The average molecular weight is 405 g/mol. The van der Waals surface area contributed by atoms with E-state index in [4.69, 9.17) is 4.74 Å². The molecule has 1 aliphatic heterocycles. The number of ether oxygens (including phenoxy) is 1. The van der Waals surface area contributed by atoms with E-state index in [-0.39, 0.29) is 30.3 Å². The Hall–Kier alpha value is -2.24. The highest BCUT2D eigenvalue weighted by molar-refractivity contribution is 7.27. The quantitative estimate of drug-likeness (QED) is 0.685. The smallest absolute Gasteiger partial charge is 0.274 e. The Labute approximate surface area is 166 Å². The zero-order chi connectivity index (χ0) is 20.4. The third-order valence-electron chi connectivity index (χ3n) is 4.98. The molecule has 0 aliphatic carbocycles. The second kappa shape index (κ2) is 8.41. The van der Waals surface area contributed by atoms with Gasteiger partial charge >= 0.3 is 0 Å². The summed E-state index contributed by atoms with van der Waals surface area (Å²) in [5, 5.41) is 0.660. The lowest BCUT2D eigenvalue weighted by Crippen LogP contribution is -2.34. The van der Waals surface area contributed by atoms with Gasteiger partial charge in [-0.2, -0.15) is 0 Å². The lowest BCUT2D eigenvalue weighted by atomic mass is 9.97. The number of nitrogens with zero attached hydrogens (tertiary/aromatic N) is 3. The molecule has 2 atom stereocenters. The van der Waals surface area contributed by atoms with Crippen molar-refractivity contribution in [3.05, 3.63) is 52.2 Å². The molecule has 1 saturated heterocycles. The van der Waals surface area contributed by atoms with Crippen LogP contribution in [0.4, 0.5) is 10.1 Å². The van der Waals surface area contributed by atoms with Crippen molar-refractivity contribution in [1.82, 2.24) is 9.47 Å². The average Bonchev–Trinajstić information content (AvgIpc) is 3.01. The minimum absolute atomic E-state index is 0.163. The number of amides is 1. The van der Waals surface area contributed by atoms with Crippen molar-refractivity contribution in [2.45, 2.75) is 18.9 Å². The minimum atomic E-state index is -0.402. The van der Waals surface area contributed by atoms with Crippen LogP contribution in [-0.4, -0.2) is 49.7 Å². The van der Waals surface area contributed by atoms with Crippen LogP contribution in [0.15, 0.2) is 35.3 Å². The van der Waals surface area contributed by atoms with E-state index in [1.165, 1.54) is 18.1 Å². The van der Waals surface area contributed by atoms with E-state index in [9.17, 15) is 14.0 Å². The van der Waals surface area contributed by atoms with Crippen molar-refractivity contribution < 1.29 is 13.9 Å². The molecule has 3 rings (SSSR count). The second-order valence-electron chi connectivity index (χ2n) is 7.21. The Bertz CT molecular complexity index is 922. The number of hydrogen-bond acceptors (Lipinski definition) is 4. The van der Waals surface area contributed by atoms with Gasteiger partial charge in [-0.05, 0) is 37.6 Å². The molecular formula is C20H25FN3O3P. The summed E-state index contributed by atoms with van der Waals surface area (Å²) in [4.78, 5) is 28.9. The lowest BCUT2D eigenvalue weighted by molar-refractivity contribution is -0.117. The number of likely N-dealkylation sites (N-methyl/N-ethyl adjacent to an activating group) is 1. The first kappa shape index (κ1) is 20.5. The van der Waals surface area contributed by atoms with E-state index >= 15 is 0 Å². The third kappa shape index (κ3) is 4.10. The molecule has 1 aliphatic rings. The van der Waals surface area contributed by atoms with Gasteiger partial charge in [-0.1, -0.05) is 0 Å². The maximum atomic E-state index is 14.6. The molecule has 0 saturated carbocycles. The van der Waals surface area contributed by atoms with Crippen molar-refractivity contribution in [3.8, 4) is 5.75 Å². The minimum Gasteiger partial charge on any atom is -0.497 e. The number of anilines is 1. The topological polar surface area (TPSA) is 54.8 Å². The number of pyridine rings is 1. The molecule has 0 bridgehead atoms. The normalized spacial score (nSPS) is 16.9. The number of methoxy groups -OCH3 is 1. The molecule has 1 aromatic heterocycles. The number of hydrogen-bond donors (Lipinski definition) is 0. The highest BCUT2D eigenvalue weighted by atomic mass is 31.0. The molecule has 2 aromatic rings. The van der Waals surface area contributed by atoms with E-state index in [1.807, 2.05) is 19.0 Å². The Balaban J connectivity index is 1.88. The molecule has 8 heteroatoms. The second-order valence-corrected chi connectivity index (χ2v) is 7.83. The van der Waals surface area contributed by atoms with Crippen LogP contribution in [0.2, 0.25) is 0 Å². The maximum Gasteiger partial charge on any atom is 0.274 e. The zero-order valence-electron chi connectivity index (χ0n) is 16.3.